The van der Waals surface area contributed by atoms with Crippen LogP contribution >= 0.6 is 12.0 Å². The standard InChI is InChI=1S/C54H63N3O21S2/c1-2-3-7-37-10-12-40(13-11-37)34-72-43-18-20-46(48(25-43)79-78-77-68)74-35-45(36-75-47-21-19-44(26-49(47)80(69,70)71)73-33-39-8-5-4-6-9-39)76-42-16-14-38(15-17-42)24-41(57(31-53(64)65)32-54(66)67)27-55(28-50(58)59)22-23-56(29-51(60)61)30-52(62)63/h4-6,8-21,25-26,41,45,68H,2-3,7,22-24,27-36H2,1H3,(H,58,59)(H,60,61)(H,62,63)(H,64,65)(H,66,67)(H,69,70,71). The Bertz CT molecular complexity index is 2870. The Kier molecular flexibility index (Phi) is 25.7. The van der Waals surface area contributed by atoms with Gasteiger partial charge in [0.1, 0.15) is 60.1 Å². The Morgan fingerprint density at radius 1 is 0.575 bits per heavy atom. The van der Waals surface area contributed by atoms with Crippen LogP contribution in [0.5, 0.6) is 28.7 Å². The van der Waals surface area contributed by atoms with Crippen molar-refractivity contribution in [2.45, 2.75) is 67.8 Å². The van der Waals surface area contributed by atoms with Crippen molar-refractivity contribution in [2.75, 3.05) is 65.6 Å². The van der Waals surface area contributed by atoms with E-state index in [0.29, 0.717) is 23.4 Å². The first-order chi connectivity index (χ1) is 38.3. The first-order valence-electron chi connectivity index (χ1n) is 24.8. The molecule has 0 radical (unpaired) electrons. The van der Waals surface area contributed by atoms with Crippen LogP contribution in [0.4, 0.5) is 0 Å². The number of aliphatic carboxylic acids is 5. The average Bonchev–Trinajstić information content (AvgIpc) is 3.43. The molecule has 0 aliphatic rings. The average molecular weight is 1150 g/mol. The fraction of sp³-hybridized carbons (Fsp3) is 0.352. The molecule has 432 valence electrons. The van der Waals surface area contributed by atoms with Crippen LogP contribution in [0.15, 0.2) is 125 Å². The van der Waals surface area contributed by atoms with E-state index in [1.54, 1.807) is 30.3 Å². The largest absolute Gasteiger partial charge is 0.489 e. The monoisotopic (exact) mass is 1150 g/mol. The van der Waals surface area contributed by atoms with E-state index in [1.807, 2.05) is 54.6 Å². The summed E-state index contributed by atoms with van der Waals surface area (Å²) in [5.74, 6) is -6.11. The topological polar surface area (TPSA) is 335 Å². The number of unbranched alkanes of at least 4 members (excludes halogenated alkanes) is 1. The van der Waals surface area contributed by atoms with Crippen molar-refractivity contribution in [2.24, 2.45) is 0 Å². The number of hydrogen-bond acceptors (Lipinski definition) is 19. The van der Waals surface area contributed by atoms with Gasteiger partial charge in [0, 0.05) is 31.7 Å². The minimum atomic E-state index is -4.90. The number of benzene rings is 5. The molecule has 0 heterocycles. The van der Waals surface area contributed by atoms with Crippen molar-refractivity contribution in [3.63, 3.8) is 0 Å². The van der Waals surface area contributed by atoms with Crippen molar-refractivity contribution in [1.82, 2.24) is 14.7 Å². The molecule has 0 spiro atoms. The maximum atomic E-state index is 12.7. The second-order valence-corrected chi connectivity index (χ2v) is 20.2. The van der Waals surface area contributed by atoms with E-state index in [9.17, 15) is 62.5 Å². The highest BCUT2D eigenvalue weighted by atomic mass is 32.2. The van der Waals surface area contributed by atoms with Crippen LogP contribution in [0.1, 0.15) is 42.0 Å². The number of carboxylic acid groups (broad SMARTS) is 5. The van der Waals surface area contributed by atoms with E-state index >= 15 is 0 Å². The van der Waals surface area contributed by atoms with E-state index in [0.717, 1.165) is 46.3 Å². The van der Waals surface area contributed by atoms with Gasteiger partial charge in [-0.25, -0.2) is 5.26 Å². The molecule has 5 aromatic carbocycles. The molecule has 80 heavy (non-hydrogen) atoms. The van der Waals surface area contributed by atoms with Crippen LogP contribution in [0, 0.1) is 0 Å². The van der Waals surface area contributed by atoms with Gasteiger partial charge in [-0.3, -0.25) is 43.2 Å². The summed E-state index contributed by atoms with van der Waals surface area (Å²) in [5, 5.41) is 61.0. The molecule has 2 atom stereocenters. The summed E-state index contributed by atoms with van der Waals surface area (Å²) in [7, 11) is -4.90. The van der Waals surface area contributed by atoms with Crippen LogP contribution in [-0.4, -0.2) is 166 Å². The van der Waals surface area contributed by atoms with Gasteiger partial charge in [-0.2, -0.15) is 8.42 Å². The molecule has 0 bridgehead atoms. The molecule has 7 N–H and O–H groups in total. The molecule has 2 unspecified atom stereocenters. The van der Waals surface area contributed by atoms with Gasteiger partial charge in [0.05, 0.1) is 49.7 Å². The number of ether oxygens (including phenoxy) is 5. The van der Waals surface area contributed by atoms with Crippen LogP contribution in [0.2, 0.25) is 0 Å². The quantitative estimate of drug-likeness (QED) is 0.0103. The SMILES string of the molecule is CCCCc1ccc(COc2ccc(OCC(COc3ccc(OCc4ccccc4)cc3S(=O)(=O)O)Oc3ccc(CC(CN(CCN(CC(=O)O)CC(=O)O)CC(=O)O)N(CC(=O)O)CC(=O)O)cc3)c(SOOO)c2)cc1. The zero-order valence-corrected chi connectivity index (χ0v) is 45.1. The van der Waals surface area contributed by atoms with Gasteiger partial charge in [-0.05, 0) is 84.0 Å². The molecule has 0 saturated carbocycles. The van der Waals surface area contributed by atoms with Gasteiger partial charge in [-0.1, -0.05) is 85.1 Å². The molecule has 0 fully saturated rings. The second-order valence-electron chi connectivity index (χ2n) is 18.1. The Labute approximate surface area is 465 Å². The third-order valence-corrected chi connectivity index (χ3v) is 13.3. The summed E-state index contributed by atoms with van der Waals surface area (Å²) >= 11 is 0.594. The zero-order valence-electron chi connectivity index (χ0n) is 43.4. The lowest BCUT2D eigenvalue weighted by atomic mass is 10.0. The number of nitrogens with zero attached hydrogens (tertiary/aromatic N) is 3. The maximum absolute atomic E-state index is 12.7. The van der Waals surface area contributed by atoms with E-state index in [4.69, 9.17) is 33.3 Å². The fourth-order valence-electron chi connectivity index (χ4n) is 8.03. The number of aryl methyl sites for hydroxylation is 1. The zero-order chi connectivity index (χ0) is 58.0. The fourth-order valence-corrected chi connectivity index (χ4v) is 9.15. The summed E-state index contributed by atoms with van der Waals surface area (Å²) in [6.07, 6.45) is 1.97. The Morgan fingerprint density at radius 2 is 1.07 bits per heavy atom. The Hall–Kier alpha value is -7.53. The van der Waals surface area contributed by atoms with E-state index in [1.165, 1.54) is 34.7 Å². The molecule has 0 amide bonds. The lowest BCUT2D eigenvalue weighted by Crippen LogP contribution is -2.51. The lowest BCUT2D eigenvalue weighted by Gasteiger charge is -2.34. The maximum Gasteiger partial charge on any atom is 0.317 e. The Morgan fingerprint density at radius 3 is 1.64 bits per heavy atom. The molecule has 5 rings (SSSR count). The number of carbonyl (C=O) groups is 5. The van der Waals surface area contributed by atoms with Gasteiger partial charge in [-0.15, -0.1) is 4.33 Å². The predicted octanol–water partition coefficient (Wildman–Crippen LogP) is 6.01. The number of hydrogen-bond donors (Lipinski definition) is 7. The van der Waals surface area contributed by atoms with Crippen molar-refractivity contribution < 1.29 is 101 Å². The Balaban J connectivity index is 1.41. The minimum absolute atomic E-state index is 0.0604. The summed E-state index contributed by atoms with van der Waals surface area (Å²) < 4.78 is 70.9. The van der Waals surface area contributed by atoms with Crippen LogP contribution in [-0.2, 0) is 69.5 Å². The molecular formula is C54H63N3O21S2. The van der Waals surface area contributed by atoms with Crippen molar-refractivity contribution in [3.05, 3.63) is 138 Å². The third-order valence-electron chi connectivity index (χ3n) is 11.8. The van der Waals surface area contributed by atoms with E-state index in [2.05, 4.69) is 12.0 Å². The van der Waals surface area contributed by atoms with Crippen LogP contribution in [0.25, 0.3) is 0 Å². The van der Waals surface area contributed by atoms with Crippen molar-refractivity contribution in [1.29, 1.82) is 0 Å². The van der Waals surface area contributed by atoms with Gasteiger partial charge >= 0.3 is 29.8 Å². The van der Waals surface area contributed by atoms with Crippen molar-refractivity contribution in [3.8, 4) is 28.7 Å². The summed E-state index contributed by atoms with van der Waals surface area (Å²) in [6, 6.07) is 31.0. The summed E-state index contributed by atoms with van der Waals surface area (Å²) in [6.45, 7) is -2.48. The number of carboxylic acids is 5. The van der Waals surface area contributed by atoms with Crippen LogP contribution in [0.3, 0.4) is 0 Å². The first kappa shape index (κ1) is 63.3. The molecule has 0 saturated heterocycles. The van der Waals surface area contributed by atoms with Gasteiger partial charge < -0.3 is 49.2 Å². The molecule has 24 nitrogen and oxygen atoms in total. The van der Waals surface area contributed by atoms with Gasteiger partial charge in [0.2, 0.25) is 0 Å². The van der Waals surface area contributed by atoms with E-state index in [-0.39, 0.29) is 73.8 Å². The third kappa shape index (κ3) is 23.0. The minimum Gasteiger partial charge on any atom is -0.489 e. The van der Waals surface area contributed by atoms with Gasteiger partial charge in [0.25, 0.3) is 10.1 Å². The molecule has 26 heteroatoms. The molecule has 0 aliphatic carbocycles. The molecular weight excluding hydrogens is 1090 g/mol. The summed E-state index contributed by atoms with van der Waals surface area (Å²) in [5.41, 5.74) is 3.43. The predicted molar refractivity (Wildman–Crippen MR) is 285 cm³/mol. The van der Waals surface area contributed by atoms with E-state index < -0.39 is 96.3 Å². The smallest absolute Gasteiger partial charge is 0.317 e. The highest BCUT2D eigenvalue weighted by Gasteiger charge is 2.28. The van der Waals surface area contributed by atoms with Gasteiger partial charge in [0.15, 0.2) is 6.10 Å². The van der Waals surface area contributed by atoms with Crippen LogP contribution < -0.4 is 23.7 Å². The number of rotatable bonds is 39. The highest BCUT2D eigenvalue weighted by Crippen LogP contribution is 2.35. The molecule has 0 aliphatic heterocycles. The second kappa shape index (κ2) is 32.5. The molecule has 0 aromatic heterocycles. The highest BCUT2D eigenvalue weighted by molar-refractivity contribution is 7.94. The normalized spacial score (nSPS) is 12.2. The first-order valence-corrected chi connectivity index (χ1v) is 27.0. The molecule has 5 aromatic rings. The summed E-state index contributed by atoms with van der Waals surface area (Å²) in [4.78, 5) is 62.2. The van der Waals surface area contributed by atoms with Crippen molar-refractivity contribution >= 4 is 52.0 Å². The lowest BCUT2D eigenvalue weighted by molar-refractivity contribution is -0.432.